The molecule has 0 spiro atoms. The van der Waals surface area contributed by atoms with Gasteiger partial charge in [-0.2, -0.15) is 0 Å². The molecule has 0 aromatic heterocycles. The molecule has 0 saturated carbocycles. The molecule has 1 nitrogen and oxygen atoms in total. The Hall–Kier alpha value is 0.843. The second-order valence-electron chi connectivity index (χ2n) is 0.724. The van der Waals surface area contributed by atoms with E-state index in [4.69, 9.17) is 5.11 Å². The van der Waals surface area contributed by atoms with E-state index in [1.54, 1.807) is 0 Å². The van der Waals surface area contributed by atoms with Crippen LogP contribution in [0.1, 0.15) is 13.3 Å². The maximum Gasteiger partial charge on any atom is 3.00 e. The van der Waals surface area contributed by atoms with E-state index in [1.807, 2.05) is 6.92 Å². The fraction of sp³-hybridized carbons (Fsp3) is 1.00. The zero-order chi connectivity index (χ0) is 3.41. The standard InChI is InChI=1S/C3H8O.Zr/c1-2-3-4;/h4H,2-3H2,1H3;/q;+3. The summed E-state index contributed by atoms with van der Waals surface area (Å²) in [6, 6.07) is 0. The molecule has 1 radical (unpaired) electrons. The minimum Gasteiger partial charge on any atom is -0.396 e. The van der Waals surface area contributed by atoms with Crippen molar-refractivity contribution in [3.05, 3.63) is 0 Å². The Morgan fingerprint density at radius 2 is 1.80 bits per heavy atom. The molecule has 5 heavy (non-hydrogen) atoms. The van der Waals surface area contributed by atoms with Gasteiger partial charge in [0.15, 0.2) is 0 Å². The third-order valence-electron chi connectivity index (χ3n) is 0.224. The molecular weight excluding hydrogens is 143 g/mol. The molecule has 0 saturated heterocycles. The number of hydrogen-bond donors (Lipinski definition) is 1. The van der Waals surface area contributed by atoms with Gasteiger partial charge in [-0.3, -0.25) is 0 Å². The van der Waals surface area contributed by atoms with E-state index in [0.717, 1.165) is 6.42 Å². The molecule has 0 aliphatic rings. The summed E-state index contributed by atoms with van der Waals surface area (Å²) in [5.41, 5.74) is 0. The maximum atomic E-state index is 7.88. The fourth-order valence-corrected chi connectivity index (χ4v) is 0. The average molecular weight is 151 g/mol. The van der Waals surface area contributed by atoms with Gasteiger partial charge in [0.05, 0.1) is 0 Å². The van der Waals surface area contributed by atoms with Crippen LogP contribution >= 0.6 is 0 Å². The third kappa shape index (κ3) is 11.5. The van der Waals surface area contributed by atoms with Crippen LogP contribution < -0.4 is 0 Å². The molecule has 0 aromatic rings. The molecule has 0 fully saturated rings. The van der Waals surface area contributed by atoms with Crippen molar-refractivity contribution in [1.82, 2.24) is 0 Å². The molecule has 27 valence electrons. The number of rotatable bonds is 1. The first-order chi connectivity index (χ1) is 1.91. The maximum absolute atomic E-state index is 7.88. The van der Waals surface area contributed by atoms with Crippen molar-refractivity contribution < 1.29 is 31.3 Å². The van der Waals surface area contributed by atoms with E-state index < -0.39 is 0 Å². The summed E-state index contributed by atoms with van der Waals surface area (Å²) in [4.78, 5) is 0. The average Bonchev–Trinajstić information content (AvgIpc) is 1.37. The van der Waals surface area contributed by atoms with Gasteiger partial charge in [-0.05, 0) is 6.42 Å². The Morgan fingerprint density at radius 3 is 1.80 bits per heavy atom. The summed E-state index contributed by atoms with van der Waals surface area (Å²) >= 11 is 0. The molecule has 0 heterocycles. The second-order valence-corrected chi connectivity index (χ2v) is 0.724. The van der Waals surface area contributed by atoms with Crippen LogP contribution in [0, 0.1) is 0 Å². The van der Waals surface area contributed by atoms with Crippen LogP contribution in [0.4, 0.5) is 0 Å². The van der Waals surface area contributed by atoms with Gasteiger partial charge < -0.3 is 5.11 Å². The van der Waals surface area contributed by atoms with Crippen LogP contribution in [0.15, 0.2) is 0 Å². The molecule has 0 atom stereocenters. The summed E-state index contributed by atoms with van der Waals surface area (Å²) in [5, 5.41) is 7.88. The zero-order valence-electron chi connectivity index (χ0n) is 3.36. The van der Waals surface area contributed by atoms with E-state index in [9.17, 15) is 0 Å². The van der Waals surface area contributed by atoms with Crippen molar-refractivity contribution in [2.45, 2.75) is 13.3 Å². The van der Waals surface area contributed by atoms with Gasteiger partial charge in [-0.1, -0.05) is 6.92 Å². The Labute approximate surface area is 51.5 Å². The van der Waals surface area contributed by atoms with Crippen molar-refractivity contribution in [1.29, 1.82) is 0 Å². The number of aliphatic hydroxyl groups excluding tert-OH is 1. The van der Waals surface area contributed by atoms with Gasteiger partial charge in [0.25, 0.3) is 0 Å². The zero-order valence-corrected chi connectivity index (χ0v) is 5.82. The van der Waals surface area contributed by atoms with E-state index in [2.05, 4.69) is 0 Å². The molecule has 0 unspecified atom stereocenters. The molecule has 0 amide bonds. The normalized spacial score (nSPS) is 6.00. The van der Waals surface area contributed by atoms with E-state index in [-0.39, 0.29) is 26.2 Å². The van der Waals surface area contributed by atoms with E-state index in [1.165, 1.54) is 0 Å². The van der Waals surface area contributed by atoms with E-state index in [0.29, 0.717) is 6.61 Å². The topological polar surface area (TPSA) is 20.2 Å². The monoisotopic (exact) mass is 150 g/mol. The number of aliphatic hydroxyl groups is 1. The Balaban J connectivity index is 0. The van der Waals surface area contributed by atoms with Crippen molar-refractivity contribution in [3.63, 3.8) is 0 Å². The van der Waals surface area contributed by atoms with Crippen molar-refractivity contribution >= 4 is 0 Å². The minimum atomic E-state index is 0. The van der Waals surface area contributed by atoms with Gasteiger partial charge in [0.2, 0.25) is 0 Å². The minimum absolute atomic E-state index is 0. The molecule has 0 aromatic carbocycles. The van der Waals surface area contributed by atoms with E-state index >= 15 is 0 Å². The molecule has 0 aliphatic carbocycles. The summed E-state index contributed by atoms with van der Waals surface area (Å²) < 4.78 is 0. The van der Waals surface area contributed by atoms with Gasteiger partial charge in [-0.15, -0.1) is 0 Å². The Bertz CT molecular complexity index is 8.85. The smallest absolute Gasteiger partial charge is 0.396 e. The van der Waals surface area contributed by atoms with Crippen LogP contribution in [0.25, 0.3) is 0 Å². The van der Waals surface area contributed by atoms with Gasteiger partial charge in [0.1, 0.15) is 0 Å². The van der Waals surface area contributed by atoms with Crippen molar-refractivity contribution in [3.8, 4) is 0 Å². The van der Waals surface area contributed by atoms with Gasteiger partial charge in [0, 0.05) is 6.61 Å². The second kappa shape index (κ2) is 8.85. The third-order valence-corrected chi connectivity index (χ3v) is 0.224. The summed E-state index contributed by atoms with van der Waals surface area (Å²) in [6.45, 7) is 2.25. The molecular formula is C3H8OZr+3. The van der Waals surface area contributed by atoms with Crippen LogP contribution in [0.5, 0.6) is 0 Å². The summed E-state index contributed by atoms with van der Waals surface area (Å²) in [7, 11) is 0. The summed E-state index contributed by atoms with van der Waals surface area (Å²) in [5.74, 6) is 0. The first-order valence-electron chi connectivity index (χ1n) is 1.52. The Kier molecular flexibility index (Phi) is 16.4. The first kappa shape index (κ1) is 9.28. The van der Waals surface area contributed by atoms with Crippen molar-refractivity contribution in [2.75, 3.05) is 6.61 Å². The predicted molar refractivity (Wildman–Crippen MR) is 17.4 cm³/mol. The van der Waals surface area contributed by atoms with Crippen LogP contribution in [-0.2, 0) is 26.2 Å². The fourth-order valence-electron chi connectivity index (χ4n) is 0. The molecule has 0 rings (SSSR count). The van der Waals surface area contributed by atoms with Crippen LogP contribution in [0.3, 0.4) is 0 Å². The largest absolute Gasteiger partial charge is 3.00 e. The molecule has 1 N–H and O–H groups in total. The van der Waals surface area contributed by atoms with Crippen LogP contribution in [-0.4, -0.2) is 11.7 Å². The summed E-state index contributed by atoms with van der Waals surface area (Å²) in [6.07, 6.45) is 0.875. The van der Waals surface area contributed by atoms with Gasteiger partial charge >= 0.3 is 26.2 Å². The van der Waals surface area contributed by atoms with Gasteiger partial charge in [-0.25, -0.2) is 0 Å². The quantitative estimate of drug-likeness (QED) is 0.575. The van der Waals surface area contributed by atoms with Crippen molar-refractivity contribution in [2.24, 2.45) is 0 Å². The molecule has 0 bridgehead atoms. The molecule has 2 heteroatoms. The Morgan fingerprint density at radius 1 is 1.60 bits per heavy atom. The number of hydrogen-bond acceptors (Lipinski definition) is 1. The molecule has 0 aliphatic heterocycles. The van der Waals surface area contributed by atoms with Crippen LogP contribution in [0.2, 0.25) is 0 Å². The SMILES string of the molecule is CCCO.[Zr+3]. The first-order valence-corrected chi connectivity index (χ1v) is 1.52. The predicted octanol–water partition coefficient (Wildman–Crippen LogP) is 0.386.